The molecule has 0 heterocycles. The van der Waals surface area contributed by atoms with Crippen LogP contribution in [0, 0.1) is 11.8 Å². The van der Waals surface area contributed by atoms with Crippen LogP contribution in [0.1, 0.15) is 51.1 Å². The van der Waals surface area contributed by atoms with Gasteiger partial charge in [-0.15, -0.1) is 0 Å². The van der Waals surface area contributed by atoms with Gasteiger partial charge in [-0.05, 0) is 42.9 Å². The van der Waals surface area contributed by atoms with Gasteiger partial charge in [-0.3, -0.25) is 4.79 Å². The van der Waals surface area contributed by atoms with Gasteiger partial charge in [-0.2, -0.15) is 0 Å². The van der Waals surface area contributed by atoms with E-state index >= 15 is 0 Å². The number of rotatable bonds is 4. The van der Waals surface area contributed by atoms with Crippen molar-refractivity contribution in [3.8, 4) is 0 Å². The lowest BCUT2D eigenvalue weighted by molar-refractivity contribution is -0.127. The fraction of sp³-hybridized carbons (Fsp3) is 0.588. The number of halogens is 1. The second-order valence-electron chi connectivity index (χ2n) is 6.41. The van der Waals surface area contributed by atoms with Crippen LogP contribution in [0.4, 0.5) is 0 Å². The lowest BCUT2D eigenvalue weighted by atomic mass is 9.85. The molecule has 116 valence electrons. The van der Waals surface area contributed by atoms with Crippen molar-refractivity contribution < 1.29 is 4.79 Å². The minimum absolute atomic E-state index is 0.0212. The maximum absolute atomic E-state index is 12.5. The fourth-order valence-electron chi connectivity index (χ4n) is 3.04. The molecular formula is C17H25ClN2O. The molecule has 1 saturated carbocycles. The van der Waals surface area contributed by atoms with Crippen molar-refractivity contribution in [3.63, 3.8) is 0 Å². The van der Waals surface area contributed by atoms with E-state index < -0.39 is 0 Å². The first-order chi connectivity index (χ1) is 9.97. The Bertz CT molecular complexity index is 472. The molecule has 1 aliphatic rings. The first kappa shape index (κ1) is 16.3. The third kappa shape index (κ3) is 4.45. The number of nitrogens with one attached hydrogen (secondary N) is 1. The van der Waals surface area contributed by atoms with Crippen LogP contribution < -0.4 is 11.1 Å². The van der Waals surface area contributed by atoms with E-state index in [-0.39, 0.29) is 23.9 Å². The Kier molecular flexibility index (Phi) is 5.65. The van der Waals surface area contributed by atoms with Crippen LogP contribution in [0.15, 0.2) is 24.3 Å². The zero-order valence-corrected chi connectivity index (χ0v) is 13.6. The summed E-state index contributed by atoms with van der Waals surface area (Å²) in [4.78, 5) is 12.5. The molecule has 0 bridgehead atoms. The van der Waals surface area contributed by atoms with E-state index in [1.165, 1.54) is 0 Å². The fourth-order valence-corrected chi connectivity index (χ4v) is 3.17. The molecule has 1 fully saturated rings. The highest BCUT2D eigenvalue weighted by atomic mass is 35.5. The Balaban J connectivity index is 2.05. The summed E-state index contributed by atoms with van der Waals surface area (Å²) in [6.07, 6.45) is 3.84. The van der Waals surface area contributed by atoms with Crippen molar-refractivity contribution in [2.45, 2.75) is 51.6 Å². The van der Waals surface area contributed by atoms with Crippen LogP contribution in [0.2, 0.25) is 5.02 Å². The van der Waals surface area contributed by atoms with Crippen molar-refractivity contribution >= 4 is 17.5 Å². The zero-order chi connectivity index (χ0) is 15.4. The Morgan fingerprint density at radius 1 is 1.29 bits per heavy atom. The normalized spacial score (nSPS) is 23.9. The highest BCUT2D eigenvalue weighted by molar-refractivity contribution is 6.30. The van der Waals surface area contributed by atoms with Gasteiger partial charge < -0.3 is 11.1 Å². The minimum Gasteiger partial charge on any atom is -0.349 e. The summed E-state index contributed by atoms with van der Waals surface area (Å²) in [7, 11) is 0. The monoisotopic (exact) mass is 308 g/mol. The molecule has 0 spiro atoms. The summed E-state index contributed by atoms with van der Waals surface area (Å²) in [6, 6.07) is 7.90. The number of carbonyl (C=O) groups excluding carboxylic acids is 1. The Hall–Kier alpha value is -1.06. The standard InChI is InChI=1S/C17H25ClN2O/c1-11(2)16(12-6-8-14(18)9-7-12)20-17(21)13-4-3-5-15(19)10-13/h6-9,11,13,15-16H,3-5,10,19H2,1-2H3,(H,20,21). The molecule has 3 N–H and O–H groups in total. The summed E-state index contributed by atoms with van der Waals surface area (Å²) in [5.74, 6) is 0.522. The summed E-state index contributed by atoms with van der Waals surface area (Å²) < 4.78 is 0. The van der Waals surface area contributed by atoms with Gasteiger partial charge in [0.05, 0.1) is 6.04 Å². The van der Waals surface area contributed by atoms with E-state index in [0.29, 0.717) is 10.9 Å². The number of hydrogen-bond acceptors (Lipinski definition) is 2. The number of benzene rings is 1. The molecule has 21 heavy (non-hydrogen) atoms. The number of hydrogen-bond donors (Lipinski definition) is 2. The second-order valence-corrected chi connectivity index (χ2v) is 6.84. The molecule has 0 aromatic heterocycles. The molecule has 3 atom stereocenters. The van der Waals surface area contributed by atoms with Gasteiger partial charge in [0.25, 0.3) is 0 Å². The number of nitrogens with two attached hydrogens (primary N) is 1. The van der Waals surface area contributed by atoms with Crippen molar-refractivity contribution in [2.75, 3.05) is 0 Å². The average molecular weight is 309 g/mol. The first-order valence-corrected chi connectivity index (χ1v) is 8.16. The molecule has 0 aliphatic heterocycles. The lowest BCUT2D eigenvalue weighted by Crippen LogP contribution is -2.40. The van der Waals surface area contributed by atoms with Crippen LogP contribution in [-0.4, -0.2) is 11.9 Å². The zero-order valence-electron chi connectivity index (χ0n) is 12.8. The van der Waals surface area contributed by atoms with Gasteiger partial charge in [0, 0.05) is 17.0 Å². The van der Waals surface area contributed by atoms with E-state index in [1.807, 2.05) is 24.3 Å². The molecular weight excluding hydrogens is 284 g/mol. The van der Waals surface area contributed by atoms with Crippen molar-refractivity contribution in [3.05, 3.63) is 34.9 Å². The number of amides is 1. The lowest BCUT2D eigenvalue weighted by Gasteiger charge is -2.29. The van der Waals surface area contributed by atoms with Gasteiger partial charge >= 0.3 is 0 Å². The molecule has 1 amide bonds. The summed E-state index contributed by atoms with van der Waals surface area (Å²) in [5.41, 5.74) is 7.09. The van der Waals surface area contributed by atoms with E-state index in [1.54, 1.807) is 0 Å². The predicted molar refractivity (Wildman–Crippen MR) is 87.1 cm³/mol. The van der Waals surface area contributed by atoms with E-state index in [0.717, 1.165) is 31.2 Å². The Labute approximate surface area is 132 Å². The van der Waals surface area contributed by atoms with Crippen molar-refractivity contribution in [2.24, 2.45) is 17.6 Å². The third-order valence-electron chi connectivity index (χ3n) is 4.28. The molecule has 0 saturated heterocycles. The maximum atomic E-state index is 12.5. The Morgan fingerprint density at radius 2 is 1.95 bits per heavy atom. The molecule has 1 aliphatic carbocycles. The Morgan fingerprint density at radius 3 is 2.52 bits per heavy atom. The smallest absolute Gasteiger partial charge is 0.223 e. The summed E-state index contributed by atoms with van der Waals surface area (Å²) in [6.45, 7) is 4.23. The highest BCUT2D eigenvalue weighted by Crippen LogP contribution is 2.27. The van der Waals surface area contributed by atoms with Gasteiger partial charge in [0.1, 0.15) is 0 Å². The van der Waals surface area contributed by atoms with Crippen LogP contribution in [0.25, 0.3) is 0 Å². The van der Waals surface area contributed by atoms with Gasteiger partial charge in [-0.1, -0.05) is 44.0 Å². The van der Waals surface area contributed by atoms with Crippen LogP contribution in [-0.2, 0) is 4.79 Å². The molecule has 3 unspecified atom stereocenters. The summed E-state index contributed by atoms with van der Waals surface area (Å²) in [5, 5.41) is 3.92. The van der Waals surface area contributed by atoms with E-state index in [9.17, 15) is 4.79 Å². The van der Waals surface area contributed by atoms with Gasteiger partial charge in [0.2, 0.25) is 5.91 Å². The van der Waals surface area contributed by atoms with E-state index in [4.69, 9.17) is 17.3 Å². The molecule has 0 radical (unpaired) electrons. The topological polar surface area (TPSA) is 55.1 Å². The van der Waals surface area contributed by atoms with Gasteiger partial charge in [0.15, 0.2) is 0 Å². The minimum atomic E-state index is 0.0212. The third-order valence-corrected chi connectivity index (χ3v) is 4.53. The first-order valence-electron chi connectivity index (χ1n) is 7.78. The molecule has 3 nitrogen and oxygen atoms in total. The highest BCUT2D eigenvalue weighted by Gasteiger charge is 2.28. The molecule has 1 aromatic carbocycles. The SMILES string of the molecule is CC(C)C(NC(=O)C1CCCC(N)C1)c1ccc(Cl)cc1. The van der Waals surface area contributed by atoms with Crippen LogP contribution in [0.5, 0.6) is 0 Å². The maximum Gasteiger partial charge on any atom is 0.223 e. The van der Waals surface area contributed by atoms with Crippen LogP contribution >= 0.6 is 11.6 Å². The molecule has 2 rings (SSSR count). The van der Waals surface area contributed by atoms with Crippen molar-refractivity contribution in [1.82, 2.24) is 5.32 Å². The summed E-state index contributed by atoms with van der Waals surface area (Å²) >= 11 is 5.94. The molecule has 1 aromatic rings. The van der Waals surface area contributed by atoms with Gasteiger partial charge in [-0.25, -0.2) is 0 Å². The molecule has 4 heteroatoms. The average Bonchev–Trinajstić information content (AvgIpc) is 2.45. The van der Waals surface area contributed by atoms with Crippen molar-refractivity contribution in [1.29, 1.82) is 0 Å². The quantitative estimate of drug-likeness (QED) is 0.891. The van der Waals surface area contributed by atoms with E-state index in [2.05, 4.69) is 19.2 Å². The second kappa shape index (κ2) is 7.28. The predicted octanol–water partition coefficient (Wildman–Crippen LogP) is 3.67. The van der Waals surface area contributed by atoms with Crippen LogP contribution in [0.3, 0.4) is 0 Å². The number of carbonyl (C=O) groups is 1. The largest absolute Gasteiger partial charge is 0.349 e.